The zero-order chi connectivity index (χ0) is 22.9. The molecular formula is C25H23ClF4N2O. The van der Waals surface area contributed by atoms with Crippen molar-refractivity contribution >= 4 is 23.3 Å². The third kappa shape index (κ3) is 5.30. The van der Waals surface area contributed by atoms with Gasteiger partial charge >= 0.3 is 6.18 Å². The SMILES string of the molecule is Cc1c(C)n(Cc2ccc(C(F)(F)F)cc2)c2c(OCCc3ccc(F)cc3)nccc12.Cl. The average molecular weight is 479 g/mol. The molecule has 0 saturated heterocycles. The van der Waals surface area contributed by atoms with Crippen molar-refractivity contribution in [3.05, 3.63) is 94.6 Å². The number of alkyl halides is 3. The molecule has 4 rings (SSSR count). The third-order valence-corrected chi connectivity index (χ3v) is 5.68. The number of benzene rings is 2. The van der Waals surface area contributed by atoms with Gasteiger partial charge in [-0.15, -0.1) is 12.4 Å². The van der Waals surface area contributed by atoms with E-state index in [4.69, 9.17) is 4.74 Å². The van der Waals surface area contributed by atoms with Gasteiger partial charge in [-0.2, -0.15) is 13.2 Å². The number of aromatic nitrogens is 2. The summed E-state index contributed by atoms with van der Waals surface area (Å²) in [7, 11) is 0. The van der Waals surface area contributed by atoms with Crippen LogP contribution in [0.25, 0.3) is 10.9 Å². The van der Waals surface area contributed by atoms with E-state index in [0.717, 1.165) is 45.4 Å². The van der Waals surface area contributed by atoms with E-state index in [9.17, 15) is 17.6 Å². The molecule has 8 heteroatoms. The Morgan fingerprint density at radius 1 is 0.909 bits per heavy atom. The summed E-state index contributed by atoms with van der Waals surface area (Å²) in [5.41, 5.74) is 3.90. The van der Waals surface area contributed by atoms with E-state index in [1.165, 1.54) is 24.3 Å². The lowest BCUT2D eigenvalue weighted by atomic mass is 10.1. The molecule has 0 spiro atoms. The van der Waals surface area contributed by atoms with E-state index in [2.05, 4.69) is 4.98 Å². The van der Waals surface area contributed by atoms with Crippen LogP contribution >= 0.6 is 12.4 Å². The number of aryl methyl sites for hydroxylation is 1. The second-order valence-electron chi connectivity index (χ2n) is 7.73. The summed E-state index contributed by atoms with van der Waals surface area (Å²) in [5.74, 6) is 0.181. The molecule has 0 aliphatic heterocycles. The first-order valence-electron chi connectivity index (χ1n) is 10.2. The molecule has 0 N–H and O–H groups in total. The van der Waals surface area contributed by atoms with Crippen LogP contribution in [0.1, 0.15) is 27.9 Å². The summed E-state index contributed by atoms with van der Waals surface area (Å²) >= 11 is 0. The van der Waals surface area contributed by atoms with Gasteiger partial charge in [-0.3, -0.25) is 0 Å². The monoisotopic (exact) mass is 478 g/mol. The lowest BCUT2D eigenvalue weighted by Crippen LogP contribution is -2.08. The van der Waals surface area contributed by atoms with Crippen LogP contribution in [0.3, 0.4) is 0 Å². The van der Waals surface area contributed by atoms with Crippen LogP contribution < -0.4 is 4.74 Å². The first-order valence-corrected chi connectivity index (χ1v) is 10.2. The van der Waals surface area contributed by atoms with Crippen LogP contribution in [-0.4, -0.2) is 16.2 Å². The Balaban J connectivity index is 0.00000306. The topological polar surface area (TPSA) is 27.1 Å². The van der Waals surface area contributed by atoms with Gasteiger partial charge < -0.3 is 9.30 Å². The number of halogens is 5. The highest BCUT2D eigenvalue weighted by molar-refractivity contribution is 5.89. The standard InChI is InChI=1S/C25H22F4N2O.ClH/c1-16-17(2)31(15-19-3-7-20(8-4-19)25(27,28)29)23-22(16)11-13-30-24(23)32-14-12-18-5-9-21(26)10-6-18;/h3-11,13H,12,14-15H2,1-2H3;1H. The smallest absolute Gasteiger partial charge is 0.416 e. The summed E-state index contributed by atoms with van der Waals surface area (Å²) in [6.45, 7) is 4.74. The molecule has 0 bridgehead atoms. The van der Waals surface area contributed by atoms with Gasteiger partial charge in [0, 0.05) is 30.2 Å². The van der Waals surface area contributed by atoms with E-state index in [-0.39, 0.29) is 18.2 Å². The maximum Gasteiger partial charge on any atom is 0.416 e. The van der Waals surface area contributed by atoms with Gasteiger partial charge in [0.2, 0.25) is 5.88 Å². The van der Waals surface area contributed by atoms with Gasteiger partial charge in [0.05, 0.1) is 12.2 Å². The van der Waals surface area contributed by atoms with Crippen LogP contribution in [-0.2, 0) is 19.1 Å². The lowest BCUT2D eigenvalue weighted by Gasteiger charge is -2.13. The van der Waals surface area contributed by atoms with Crippen molar-refractivity contribution in [2.45, 2.75) is 33.0 Å². The molecule has 2 aromatic carbocycles. The van der Waals surface area contributed by atoms with Crippen LogP contribution in [0.4, 0.5) is 17.6 Å². The highest BCUT2D eigenvalue weighted by Crippen LogP contribution is 2.33. The first-order chi connectivity index (χ1) is 15.2. The van der Waals surface area contributed by atoms with Crippen LogP contribution in [0.15, 0.2) is 60.8 Å². The molecule has 0 amide bonds. The summed E-state index contributed by atoms with van der Waals surface area (Å²) in [5, 5.41) is 0.987. The molecular weight excluding hydrogens is 456 g/mol. The van der Waals surface area contributed by atoms with E-state index in [0.29, 0.717) is 25.5 Å². The molecule has 3 nitrogen and oxygen atoms in total. The zero-order valence-corrected chi connectivity index (χ0v) is 18.9. The maximum atomic E-state index is 13.1. The largest absolute Gasteiger partial charge is 0.476 e. The number of hydrogen-bond donors (Lipinski definition) is 0. The molecule has 0 saturated carbocycles. The summed E-state index contributed by atoms with van der Waals surface area (Å²) < 4.78 is 59.8. The number of pyridine rings is 1. The summed E-state index contributed by atoms with van der Waals surface area (Å²) in [6.07, 6.45) is -2.08. The van der Waals surface area contributed by atoms with Gasteiger partial charge in [-0.25, -0.2) is 9.37 Å². The Hall–Kier alpha value is -3.06. The molecule has 4 aromatic rings. The number of ether oxygens (including phenoxy) is 1. The molecule has 0 aliphatic carbocycles. The quantitative estimate of drug-likeness (QED) is 0.282. The average Bonchev–Trinajstić information content (AvgIpc) is 3.00. The van der Waals surface area contributed by atoms with Crippen molar-refractivity contribution in [3.8, 4) is 5.88 Å². The van der Waals surface area contributed by atoms with Crippen LogP contribution in [0.5, 0.6) is 5.88 Å². The second kappa shape index (κ2) is 9.83. The Morgan fingerprint density at radius 2 is 1.55 bits per heavy atom. The molecule has 2 heterocycles. The molecule has 0 atom stereocenters. The molecule has 174 valence electrons. The number of rotatable bonds is 6. The summed E-state index contributed by atoms with van der Waals surface area (Å²) in [4.78, 5) is 4.40. The first kappa shape index (κ1) is 24.6. The Labute approximate surface area is 195 Å². The number of fused-ring (bicyclic) bond motifs is 1. The van der Waals surface area contributed by atoms with Crippen molar-refractivity contribution < 1.29 is 22.3 Å². The number of nitrogens with zero attached hydrogens (tertiary/aromatic N) is 2. The van der Waals surface area contributed by atoms with Crippen molar-refractivity contribution in [2.75, 3.05) is 6.61 Å². The predicted molar refractivity (Wildman–Crippen MR) is 123 cm³/mol. The highest BCUT2D eigenvalue weighted by Gasteiger charge is 2.30. The minimum atomic E-state index is -4.36. The van der Waals surface area contributed by atoms with Crippen molar-refractivity contribution in [1.29, 1.82) is 0 Å². The molecule has 0 radical (unpaired) electrons. The highest BCUT2D eigenvalue weighted by atomic mass is 35.5. The van der Waals surface area contributed by atoms with Crippen molar-refractivity contribution in [2.24, 2.45) is 0 Å². The van der Waals surface area contributed by atoms with E-state index < -0.39 is 11.7 Å². The second-order valence-corrected chi connectivity index (χ2v) is 7.73. The fraction of sp³-hybridized carbons (Fsp3) is 0.240. The number of hydrogen-bond acceptors (Lipinski definition) is 2. The molecule has 0 fully saturated rings. The van der Waals surface area contributed by atoms with E-state index in [1.54, 1.807) is 18.3 Å². The van der Waals surface area contributed by atoms with Gasteiger partial charge in [-0.1, -0.05) is 24.3 Å². The predicted octanol–water partition coefficient (Wildman–Crippen LogP) is 6.90. The van der Waals surface area contributed by atoms with Crippen molar-refractivity contribution in [3.63, 3.8) is 0 Å². The normalized spacial score (nSPS) is 11.5. The third-order valence-electron chi connectivity index (χ3n) is 5.68. The van der Waals surface area contributed by atoms with Gasteiger partial charge in [0.1, 0.15) is 11.3 Å². The van der Waals surface area contributed by atoms with Gasteiger partial charge in [-0.05, 0) is 60.9 Å². The Kier molecular flexibility index (Phi) is 7.32. The molecule has 33 heavy (non-hydrogen) atoms. The van der Waals surface area contributed by atoms with E-state index >= 15 is 0 Å². The van der Waals surface area contributed by atoms with Crippen molar-refractivity contribution in [1.82, 2.24) is 9.55 Å². The van der Waals surface area contributed by atoms with Gasteiger partial charge in [0.15, 0.2) is 0 Å². The Bertz CT molecular complexity index is 1230. The minimum Gasteiger partial charge on any atom is -0.476 e. The van der Waals surface area contributed by atoms with Gasteiger partial charge in [0.25, 0.3) is 0 Å². The van der Waals surface area contributed by atoms with Crippen LogP contribution in [0.2, 0.25) is 0 Å². The molecule has 2 aromatic heterocycles. The summed E-state index contributed by atoms with van der Waals surface area (Å²) in [6, 6.07) is 13.4. The molecule has 0 aliphatic rings. The molecule has 0 unspecified atom stereocenters. The maximum absolute atomic E-state index is 13.1. The fourth-order valence-electron chi connectivity index (χ4n) is 3.76. The zero-order valence-electron chi connectivity index (χ0n) is 18.1. The minimum absolute atomic E-state index is 0. The van der Waals surface area contributed by atoms with E-state index in [1.807, 2.05) is 24.5 Å². The Morgan fingerprint density at radius 3 is 2.18 bits per heavy atom. The van der Waals surface area contributed by atoms with Crippen LogP contribution in [0, 0.1) is 19.7 Å². The lowest BCUT2D eigenvalue weighted by molar-refractivity contribution is -0.137. The fourth-order valence-corrected chi connectivity index (χ4v) is 3.76.